The number of rotatable bonds is 1. The number of hydrogen-bond acceptors (Lipinski definition) is 3. The Morgan fingerprint density at radius 3 is 2.42 bits per heavy atom. The summed E-state index contributed by atoms with van der Waals surface area (Å²) in [5.74, 6) is -0.239. The van der Waals surface area contributed by atoms with Crippen molar-refractivity contribution in [3.05, 3.63) is 58.6 Å². The number of nitrogens with one attached hydrogen (secondary N) is 1. The largest absolute Gasteiger partial charge is 0.323 e. The first-order valence-electron chi connectivity index (χ1n) is 7.58. The number of hydrogen-bond donors (Lipinski definition) is 1. The zero-order chi connectivity index (χ0) is 17.1. The summed E-state index contributed by atoms with van der Waals surface area (Å²) in [5, 5.41) is 2.94. The molecule has 0 radical (unpaired) electrons. The van der Waals surface area contributed by atoms with Crippen molar-refractivity contribution < 1.29 is 9.59 Å². The molecule has 4 rings (SSSR count). The lowest BCUT2D eigenvalue weighted by atomic mass is 10.0. The zero-order valence-corrected chi connectivity index (χ0v) is 15.6. The van der Waals surface area contributed by atoms with Crippen LogP contribution >= 0.6 is 27.7 Å². The van der Waals surface area contributed by atoms with Crippen molar-refractivity contribution >= 4 is 50.9 Å². The van der Waals surface area contributed by atoms with Crippen LogP contribution in [-0.2, 0) is 14.5 Å². The minimum Gasteiger partial charge on any atom is -0.323 e. The molecule has 1 unspecified atom stereocenters. The summed E-state index contributed by atoms with van der Waals surface area (Å²) < 4.78 is 0.233. The molecule has 6 heteroatoms. The van der Waals surface area contributed by atoms with Gasteiger partial charge >= 0.3 is 0 Å². The highest BCUT2D eigenvalue weighted by atomic mass is 79.9. The molecule has 2 aliphatic rings. The second kappa shape index (κ2) is 5.10. The normalized spacial score (nSPS) is 24.4. The van der Waals surface area contributed by atoms with Gasteiger partial charge in [-0.05, 0) is 44.2 Å². The molecule has 2 amide bonds. The average molecular weight is 403 g/mol. The van der Waals surface area contributed by atoms with Gasteiger partial charge in [-0.15, -0.1) is 11.8 Å². The fourth-order valence-electron chi connectivity index (χ4n) is 3.30. The van der Waals surface area contributed by atoms with Gasteiger partial charge in [0.1, 0.15) is 0 Å². The van der Waals surface area contributed by atoms with Gasteiger partial charge in [0.15, 0.2) is 0 Å². The highest BCUT2D eigenvalue weighted by Crippen LogP contribution is 2.59. The van der Waals surface area contributed by atoms with Crippen LogP contribution in [0.3, 0.4) is 0 Å². The van der Waals surface area contributed by atoms with Crippen molar-refractivity contribution in [3.63, 3.8) is 0 Å². The number of carbonyl (C=O) groups excluding carboxylic acids is 2. The summed E-state index contributed by atoms with van der Waals surface area (Å²) in [6.45, 7) is 3.74. The van der Waals surface area contributed by atoms with Gasteiger partial charge in [0, 0.05) is 21.4 Å². The van der Waals surface area contributed by atoms with Gasteiger partial charge in [-0.2, -0.15) is 0 Å². The van der Waals surface area contributed by atoms with E-state index in [0.717, 1.165) is 15.7 Å². The molecular formula is C18H15BrN2O2S. The fourth-order valence-corrected chi connectivity index (χ4v) is 5.19. The van der Waals surface area contributed by atoms with Gasteiger partial charge < -0.3 is 5.32 Å². The number of fused-ring (bicyclic) bond motifs is 2. The molecule has 0 bridgehead atoms. The smallest absolute Gasteiger partial charge is 0.266 e. The predicted molar refractivity (Wildman–Crippen MR) is 100 cm³/mol. The number of nitrogens with zero attached hydrogens (tertiary/aromatic N) is 1. The van der Waals surface area contributed by atoms with Crippen LogP contribution in [0.1, 0.15) is 19.4 Å². The first-order valence-corrected chi connectivity index (χ1v) is 9.18. The maximum atomic E-state index is 13.1. The molecule has 24 heavy (non-hydrogen) atoms. The zero-order valence-electron chi connectivity index (χ0n) is 13.2. The van der Waals surface area contributed by atoms with Crippen LogP contribution in [0.15, 0.2) is 53.0 Å². The molecule has 0 saturated carbocycles. The van der Waals surface area contributed by atoms with Crippen LogP contribution in [0, 0.1) is 0 Å². The lowest BCUT2D eigenvalue weighted by molar-refractivity contribution is -0.123. The molecule has 1 spiro atoms. The lowest BCUT2D eigenvalue weighted by Gasteiger charge is -2.32. The van der Waals surface area contributed by atoms with Gasteiger partial charge in [-0.25, -0.2) is 0 Å². The van der Waals surface area contributed by atoms with Crippen molar-refractivity contribution in [1.82, 2.24) is 0 Å². The molecule has 1 saturated heterocycles. The third-order valence-corrected chi connectivity index (χ3v) is 6.47. The Hall–Kier alpha value is -1.79. The number of anilines is 2. The quantitative estimate of drug-likeness (QED) is 0.780. The number of halogens is 1. The predicted octanol–water partition coefficient (Wildman–Crippen LogP) is 4.11. The highest BCUT2D eigenvalue weighted by molar-refractivity contribution is 9.10. The molecule has 0 aromatic heterocycles. The van der Waals surface area contributed by atoms with Gasteiger partial charge in [0.25, 0.3) is 5.91 Å². The first kappa shape index (κ1) is 15.7. The summed E-state index contributed by atoms with van der Waals surface area (Å²) in [4.78, 5) is 26.7. The van der Waals surface area contributed by atoms with Crippen LogP contribution in [-0.4, -0.2) is 16.6 Å². The van der Waals surface area contributed by atoms with E-state index < -0.39 is 9.62 Å². The summed E-state index contributed by atoms with van der Waals surface area (Å²) in [5.41, 5.74) is 2.32. The number of para-hydroxylation sites is 1. The van der Waals surface area contributed by atoms with Crippen LogP contribution in [0.5, 0.6) is 0 Å². The molecule has 0 aliphatic carbocycles. The lowest BCUT2D eigenvalue weighted by Crippen LogP contribution is -2.47. The van der Waals surface area contributed by atoms with E-state index >= 15 is 0 Å². The van der Waals surface area contributed by atoms with Crippen LogP contribution in [0.25, 0.3) is 0 Å². The number of amides is 2. The number of carbonyl (C=O) groups is 2. The Labute approximate surface area is 152 Å². The van der Waals surface area contributed by atoms with E-state index in [1.807, 2.05) is 62.4 Å². The second-order valence-corrected chi connectivity index (χ2v) is 9.10. The SMILES string of the molecule is CC1(C)SC2(C(=O)Nc3ccccc32)N(c2ccc(Br)cc2)C1=O. The Balaban J connectivity index is 1.97. The van der Waals surface area contributed by atoms with E-state index in [4.69, 9.17) is 0 Å². The third-order valence-electron chi connectivity index (χ3n) is 4.37. The van der Waals surface area contributed by atoms with Gasteiger partial charge in [-0.3, -0.25) is 14.5 Å². The van der Waals surface area contributed by atoms with E-state index in [9.17, 15) is 9.59 Å². The maximum Gasteiger partial charge on any atom is 0.266 e. The fraction of sp³-hybridized carbons (Fsp3) is 0.222. The molecule has 1 N–H and O–H groups in total. The monoisotopic (exact) mass is 402 g/mol. The van der Waals surface area contributed by atoms with Gasteiger partial charge in [-0.1, -0.05) is 34.1 Å². The Morgan fingerprint density at radius 2 is 1.71 bits per heavy atom. The Bertz CT molecular complexity index is 866. The highest BCUT2D eigenvalue weighted by Gasteiger charge is 2.64. The molecule has 2 heterocycles. The van der Waals surface area contributed by atoms with Crippen molar-refractivity contribution in [2.75, 3.05) is 10.2 Å². The molecule has 2 aromatic carbocycles. The van der Waals surface area contributed by atoms with Crippen molar-refractivity contribution in [3.8, 4) is 0 Å². The minimum atomic E-state index is -1.06. The third kappa shape index (κ3) is 1.99. The van der Waals surface area contributed by atoms with Crippen LogP contribution < -0.4 is 10.2 Å². The van der Waals surface area contributed by atoms with Crippen molar-refractivity contribution in [2.24, 2.45) is 0 Å². The Kier molecular flexibility index (Phi) is 3.34. The van der Waals surface area contributed by atoms with E-state index in [2.05, 4.69) is 21.2 Å². The van der Waals surface area contributed by atoms with Crippen LogP contribution in [0.2, 0.25) is 0 Å². The van der Waals surface area contributed by atoms with Gasteiger partial charge in [0.05, 0.1) is 4.75 Å². The Morgan fingerprint density at radius 1 is 1.04 bits per heavy atom. The van der Waals surface area contributed by atoms with E-state index in [1.165, 1.54) is 11.8 Å². The summed E-state index contributed by atoms with van der Waals surface area (Å²) >= 11 is 4.81. The molecular weight excluding hydrogens is 388 g/mol. The standard InChI is InChI=1S/C18H15BrN2O2S/c1-17(2)16(23)21(12-9-7-11(19)8-10-12)18(24-17)13-5-3-4-6-14(13)20-15(18)22/h3-10H,1-2H3,(H,20,22). The van der Waals surface area contributed by atoms with E-state index in [0.29, 0.717) is 5.69 Å². The average Bonchev–Trinajstić information content (AvgIpc) is 2.93. The van der Waals surface area contributed by atoms with Crippen molar-refractivity contribution in [1.29, 1.82) is 0 Å². The first-order chi connectivity index (χ1) is 11.4. The summed E-state index contributed by atoms with van der Waals surface area (Å²) in [7, 11) is 0. The van der Waals surface area contributed by atoms with Crippen LogP contribution in [0.4, 0.5) is 11.4 Å². The topological polar surface area (TPSA) is 49.4 Å². The minimum absolute atomic E-state index is 0.0679. The maximum absolute atomic E-state index is 13.1. The van der Waals surface area contributed by atoms with Crippen molar-refractivity contribution in [2.45, 2.75) is 23.5 Å². The van der Waals surface area contributed by atoms with E-state index in [1.54, 1.807) is 4.90 Å². The van der Waals surface area contributed by atoms with Gasteiger partial charge in [0.2, 0.25) is 10.8 Å². The molecule has 1 fully saturated rings. The summed E-state index contributed by atoms with van der Waals surface area (Å²) in [6.07, 6.45) is 0. The number of thioether (sulfide) groups is 1. The number of benzene rings is 2. The second-order valence-electron chi connectivity index (χ2n) is 6.37. The molecule has 122 valence electrons. The molecule has 2 aromatic rings. The molecule has 2 aliphatic heterocycles. The van der Waals surface area contributed by atoms with E-state index in [-0.39, 0.29) is 11.8 Å². The molecule has 4 nitrogen and oxygen atoms in total. The molecule has 1 atom stereocenters. The summed E-state index contributed by atoms with van der Waals surface area (Å²) in [6, 6.07) is 15.1.